The minimum atomic E-state index is 0.190. The molecule has 114 valence electrons. The smallest absolute Gasteiger partial charge is 0.0990 e. The van der Waals surface area contributed by atoms with E-state index in [9.17, 15) is 0 Å². The van der Waals surface area contributed by atoms with Crippen LogP contribution in [0.25, 0.3) is 0 Å². The second kappa shape index (κ2) is 10.6. The molecule has 1 fully saturated rings. The molecule has 19 heavy (non-hydrogen) atoms. The third kappa shape index (κ3) is 6.19. The standard InChI is InChI=1S/C14H29NO4/c1-4-6-15-12-11-13(14(12)18-5-2)19-10-9-17-8-7-16-3/h12-15H,4-11H2,1-3H3. The van der Waals surface area contributed by atoms with Gasteiger partial charge in [-0.3, -0.25) is 0 Å². The average Bonchev–Trinajstić information content (AvgIpc) is 2.41. The van der Waals surface area contributed by atoms with Crippen LogP contribution in [-0.4, -0.2) is 64.9 Å². The summed E-state index contributed by atoms with van der Waals surface area (Å²) in [6.07, 6.45) is 2.58. The molecule has 3 atom stereocenters. The molecule has 5 nitrogen and oxygen atoms in total. The van der Waals surface area contributed by atoms with Gasteiger partial charge in [-0.25, -0.2) is 0 Å². The SMILES string of the molecule is CCCNC1CC(OCCOCCOC)C1OCC. The van der Waals surface area contributed by atoms with Crippen LogP contribution >= 0.6 is 0 Å². The molecule has 0 bridgehead atoms. The molecule has 1 saturated carbocycles. The molecule has 0 aromatic carbocycles. The highest BCUT2D eigenvalue weighted by molar-refractivity contribution is 4.97. The van der Waals surface area contributed by atoms with Crippen molar-refractivity contribution in [2.75, 3.05) is 46.7 Å². The highest BCUT2D eigenvalue weighted by Crippen LogP contribution is 2.27. The van der Waals surface area contributed by atoms with Gasteiger partial charge in [-0.15, -0.1) is 0 Å². The van der Waals surface area contributed by atoms with Crippen LogP contribution in [0.4, 0.5) is 0 Å². The van der Waals surface area contributed by atoms with E-state index in [4.69, 9.17) is 18.9 Å². The summed E-state index contributed by atoms with van der Waals surface area (Å²) in [7, 11) is 1.67. The van der Waals surface area contributed by atoms with Gasteiger partial charge in [0.1, 0.15) is 0 Å². The molecule has 1 aliphatic carbocycles. The van der Waals surface area contributed by atoms with Gasteiger partial charge in [-0.2, -0.15) is 0 Å². The minimum Gasteiger partial charge on any atom is -0.382 e. The lowest BCUT2D eigenvalue weighted by atomic mass is 9.85. The van der Waals surface area contributed by atoms with E-state index in [2.05, 4.69) is 12.2 Å². The molecule has 0 saturated heterocycles. The van der Waals surface area contributed by atoms with Crippen molar-refractivity contribution >= 4 is 0 Å². The first kappa shape index (κ1) is 16.9. The summed E-state index contributed by atoms with van der Waals surface area (Å²) < 4.78 is 21.8. The highest BCUT2D eigenvalue weighted by Gasteiger charge is 2.42. The van der Waals surface area contributed by atoms with Crippen LogP contribution < -0.4 is 5.32 Å². The molecule has 5 heteroatoms. The zero-order valence-electron chi connectivity index (χ0n) is 12.5. The third-order valence-corrected chi connectivity index (χ3v) is 3.26. The summed E-state index contributed by atoms with van der Waals surface area (Å²) in [4.78, 5) is 0. The Morgan fingerprint density at radius 3 is 2.53 bits per heavy atom. The van der Waals surface area contributed by atoms with E-state index in [-0.39, 0.29) is 12.2 Å². The van der Waals surface area contributed by atoms with Crippen molar-refractivity contribution in [1.82, 2.24) is 5.32 Å². The van der Waals surface area contributed by atoms with Gasteiger partial charge in [-0.1, -0.05) is 6.92 Å². The van der Waals surface area contributed by atoms with Crippen LogP contribution in [0.15, 0.2) is 0 Å². The van der Waals surface area contributed by atoms with Crippen molar-refractivity contribution in [3.63, 3.8) is 0 Å². The average molecular weight is 275 g/mol. The first-order chi connectivity index (χ1) is 9.33. The second-order valence-electron chi connectivity index (χ2n) is 4.73. The van der Waals surface area contributed by atoms with Gasteiger partial charge in [0, 0.05) is 19.8 Å². The lowest BCUT2D eigenvalue weighted by Gasteiger charge is -2.44. The van der Waals surface area contributed by atoms with Gasteiger partial charge in [0.15, 0.2) is 0 Å². The van der Waals surface area contributed by atoms with E-state index in [0.717, 1.165) is 26.0 Å². The van der Waals surface area contributed by atoms with Crippen LogP contribution in [0.2, 0.25) is 0 Å². The maximum Gasteiger partial charge on any atom is 0.0990 e. The molecule has 0 spiro atoms. The third-order valence-electron chi connectivity index (χ3n) is 3.26. The molecule has 0 radical (unpaired) electrons. The lowest BCUT2D eigenvalue weighted by Crippen LogP contribution is -2.60. The lowest BCUT2D eigenvalue weighted by molar-refractivity contribution is -0.151. The topological polar surface area (TPSA) is 49.0 Å². The van der Waals surface area contributed by atoms with Gasteiger partial charge < -0.3 is 24.3 Å². The van der Waals surface area contributed by atoms with Crippen LogP contribution in [0.1, 0.15) is 26.7 Å². The Morgan fingerprint density at radius 1 is 1.05 bits per heavy atom. The van der Waals surface area contributed by atoms with E-state index in [1.165, 1.54) is 0 Å². The number of hydrogen-bond donors (Lipinski definition) is 1. The number of rotatable bonds is 12. The molecule has 0 aromatic heterocycles. The van der Waals surface area contributed by atoms with Crippen LogP contribution in [0.3, 0.4) is 0 Å². The van der Waals surface area contributed by atoms with Crippen molar-refractivity contribution < 1.29 is 18.9 Å². The summed E-state index contributed by atoms with van der Waals surface area (Å²) in [6.45, 7) is 8.48. The Morgan fingerprint density at radius 2 is 1.84 bits per heavy atom. The Bertz CT molecular complexity index is 216. The van der Waals surface area contributed by atoms with E-state index in [0.29, 0.717) is 32.5 Å². The molecule has 3 unspecified atom stereocenters. The summed E-state index contributed by atoms with van der Waals surface area (Å²) in [5, 5.41) is 3.50. The second-order valence-corrected chi connectivity index (χ2v) is 4.73. The number of nitrogens with one attached hydrogen (secondary N) is 1. The number of methoxy groups -OCH3 is 1. The molecule has 1 aliphatic rings. The quantitative estimate of drug-likeness (QED) is 0.543. The van der Waals surface area contributed by atoms with Crippen molar-refractivity contribution in [3.05, 3.63) is 0 Å². The zero-order valence-corrected chi connectivity index (χ0v) is 12.5. The molecule has 0 aromatic rings. The van der Waals surface area contributed by atoms with E-state index >= 15 is 0 Å². The summed E-state index contributed by atoms with van der Waals surface area (Å²) in [5.41, 5.74) is 0. The van der Waals surface area contributed by atoms with Crippen molar-refractivity contribution in [2.24, 2.45) is 0 Å². The number of hydrogen-bond acceptors (Lipinski definition) is 5. The number of ether oxygens (including phenoxy) is 4. The van der Waals surface area contributed by atoms with Crippen molar-refractivity contribution in [2.45, 2.75) is 44.9 Å². The van der Waals surface area contributed by atoms with E-state index in [1.54, 1.807) is 7.11 Å². The molecule has 1 rings (SSSR count). The minimum absolute atomic E-state index is 0.190. The van der Waals surface area contributed by atoms with E-state index < -0.39 is 0 Å². The van der Waals surface area contributed by atoms with Crippen LogP contribution in [0, 0.1) is 0 Å². The fraction of sp³-hybridized carbons (Fsp3) is 1.00. The van der Waals surface area contributed by atoms with Gasteiger partial charge in [0.2, 0.25) is 0 Å². The maximum absolute atomic E-state index is 5.80. The summed E-state index contributed by atoms with van der Waals surface area (Å²) in [6, 6.07) is 0.444. The summed E-state index contributed by atoms with van der Waals surface area (Å²) >= 11 is 0. The van der Waals surface area contributed by atoms with Crippen LogP contribution in [0.5, 0.6) is 0 Å². The monoisotopic (exact) mass is 275 g/mol. The van der Waals surface area contributed by atoms with Crippen molar-refractivity contribution in [3.8, 4) is 0 Å². The van der Waals surface area contributed by atoms with Crippen molar-refractivity contribution in [1.29, 1.82) is 0 Å². The van der Waals surface area contributed by atoms with Gasteiger partial charge in [0.05, 0.1) is 38.6 Å². The predicted octanol–water partition coefficient (Wildman–Crippen LogP) is 1.21. The first-order valence-electron chi connectivity index (χ1n) is 7.36. The first-order valence-corrected chi connectivity index (χ1v) is 7.36. The fourth-order valence-electron chi connectivity index (χ4n) is 2.19. The highest BCUT2D eigenvalue weighted by atomic mass is 16.6. The molecule has 1 N–H and O–H groups in total. The molecule has 0 aliphatic heterocycles. The normalized spacial score (nSPS) is 26.4. The molecule has 0 heterocycles. The fourth-order valence-corrected chi connectivity index (χ4v) is 2.19. The molecular formula is C14H29NO4. The Kier molecular flexibility index (Phi) is 9.38. The Hall–Kier alpha value is -0.200. The largest absolute Gasteiger partial charge is 0.382 e. The zero-order chi connectivity index (χ0) is 13.9. The van der Waals surface area contributed by atoms with E-state index in [1.807, 2.05) is 6.92 Å². The van der Waals surface area contributed by atoms with Gasteiger partial charge in [0.25, 0.3) is 0 Å². The van der Waals surface area contributed by atoms with Crippen LogP contribution in [-0.2, 0) is 18.9 Å². The molecular weight excluding hydrogens is 246 g/mol. The Labute approximate surface area is 116 Å². The summed E-state index contributed by atoms with van der Waals surface area (Å²) in [5.74, 6) is 0. The maximum atomic E-state index is 5.80. The van der Waals surface area contributed by atoms with Gasteiger partial charge in [-0.05, 0) is 26.3 Å². The Balaban J connectivity index is 2.09. The van der Waals surface area contributed by atoms with Gasteiger partial charge >= 0.3 is 0 Å². The predicted molar refractivity (Wildman–Crippen MR) is 74.5 cm³/mol. The molecule has 0 amide bonds.